The van der Waals surface area contributed by atoms with Gasteiger partial charge in [0.25, 0.3) is 0 Å². The van der Waals surface area contributed by atoms with Gasteiger partial charge in [0.2, 0.25) is 5.91 Å². The molecule has 0 aliphatic carbocycles. The van der Waals surface area contributed by atoms with E-state index in [1.54, 1.807) is 6.08 Å². The SMILES string of the molecule is CC/C=C\C/C=C\C/C=C\C/C=C\C/C=C\C/C=C\CCCCC(=O)NC(CO)C(O)/C=C/CC/C=C/CC/C=C/CCCCCCCCCCCCCCCCCCC. The molecule has 0 aromatic rings. The smallest absolute Gasteiger partial charge is 0.220 e. The third-order valence-corrected chi connectivity index (χ3v) is 10.7. The highest BCUT2D eigenvalue weighted by molar-refractivity contribution is 5.76. The molecule has 2 atom stereocenters. The Morgan fingerprint density at radius 2 is 0.750 bits per heavy atom. The van der Waals surface area contributed by atoms with E-state index >= 15 is 0 Å². The number of aliphatic hydroxyl groups is 2. The lowest BCUT2D eigenvalue weighted by atomic mass is 10.0. The van der Waals surface area contributed by atoms with E-state index in [0.29, 0.717) is 6.42 Å². The van der Waals surface area contributed by atoms with E-state index in [4.69, 9.17) is 0 Å². The molecule has 0 radical (unpaired) electrons. The van der Waals surface area contributed by atoms with Gasteiger partial charge in [-0.25, -0.2) is 0 Å². The van der Waals surface area contributed by atoms with Crippen LogP contribution < -0.4 is 5.32 Å². The van der Waals surface area contributed by atoms with E-state index in [1.165, 1.54) is 116 Å². The van der Waals surface area contributed by atoms with Gasteiger partial charge in [0.15, 0.2) is 0 Å². The molecule has 0 saturated heterocycles. The molecule has 0 spiro atoms. The minimum absolute atomic E-state index is 0.124. The maximum absolute atomic E-state index is 12.4. The molecule has 0 saturated carbocycles. The summed E-state index contributed by atoms with van der Waals surface area (Å²) in [7, 11) is 0. The van der Waals surface area contributed by atoms with Gasteiger partial charge >= 0.3 is 0 Å². The van der Waals surface area contributed by atoms with Crippen LogP contribution in [0.3, 0.4) is 0 Å². The summed E-state index contributed by atoms with van der Waals surface area (Å²) in [5.41, 5.74) is 0. The highest BCUT2D eigenvalue weighted by atomic mass is 16.3. The summed E-state index contributed by atoms with van der Waals surface area (Å²) in [4.78, 5) is 12.4. The largest absolute Gasteiger partial charge is 0.394 e. The van der Waals surface area contributed by atoms with Crippen LogP contribution in [0, 0.1) is 0 Å². The number of hydrogen-bond donors (Lipinski definition) is 3. The molecule has 0 bridgehead atoms. The Hall–Kier alpha value is -2.95. The molecule has 2 unspecified atom stereocenters. The zero-order chi connectivity index (χ0) is 43.5. The molecule has 4 heteroatoms. The van der Waals surface area contributed by atoms with Gasteiger partial charge in [-0.05, 0) is 96.3 Å². The fraction of sp³-hybridized carbons (Fsp3) is 0.661. The van der Waals surface area contributed by atoms with Crippen molar-refractivity contribution in [1.29, 1.82) is 0 Å². The molecule has 0 aliphatic rings. The van der Waals surface area contributed by atoms with Gasteiger partial charge in [0.1, 0.15) is 0 Å². The van der Waals surface area contributed by atoms with Crippen molar-refractivity contribution in [3.8, 4) is 0 Å². The molecule has 0 aromatic carbocycles. The van der Waals surface area contributed by atoms with Crippen LogP contribution >= 0.6 is 0 Å². The molecular formula is C56H95NO3. The van der Waals surface area contributed by atoms with E-state index in [2.05, 4.69) is 116 Å². The van der Waals surface area contributed by atoms with Gasteiger partial charge in [0.05, 0.1) is 18.8 Å². The van der Waals surface area contributed by atoms with E-state index in [0.717, 1.165) is 83.5 Å². The van der Waals surface area contributed by atoms with Crippen molar-refractivity contribution in [3.63, 3.8) is 0 Å². The molecule has 4 nitrogen and oxygen atoms in total. The van der Waals surface area contributed by atoms with Gasteiger partial charge in [-0.3, -0.25) is 4.79 Å². The first-order valence-corrected chi connectivity index (χ1v) is 25.1. The first-order chi connectivity index (χ1) is 29.7. The van der Waals surface area contributed by atoms with Crippen LogP contribution in [0.1, 0.15) is 219 Å². The second-order valence-electron chi connectivity index (χ2n) is 16.5. The molecule has 60 heavy (non-hydrogen) atoms. The second-order valence-corrected chi connectivity index (χ2v) is 16.5. The van der Waals surface area contributed by atoms with Crippen molar-refractivity contribution in [1.82, 2.24) is 5.32 Å². The Morgan fingerprint density at radius 1 is 0.417 bits per heavy atom. The van der Waals surface area contributed by atoms with Crippen molar-refractivity contribution in [2.24, 2.45) is 0 Å². The van der Waals surface area contributed by atoms with Crippen LogP contribution in [0.4, 0.5) is 0 Å². The predicted octanol–water partition coefficient (Wildman–Crippen LogP) is 16.4. The van der Waals surface area contributed by atoms with Gasteiger partial charge in [0, 0.05) is 6.42 Å². The average Bonchev–Trinajstić information content (AvgIpc) is 3.25. The Morgan fingerprint density at radius 3 is 1.17 bits per heavy atom. The van der Waals surface area contributed by atoms with Crippen molar-refractivity contribution in [3.05, 3.63) is 109 Å². The third kappa shape index (κ3) is 46.1. The van der Waals surface area contributed by atoms with Crippen LogP contribution in [0.25, 0.3) is 0 Å². The molecule has 3 N–H and O–H groups in total. The predicted molar refractivity (Wildman–Crippen MR) is 266 cm³/mol. The zero-order valence-corrected chi connectivity index (χ0v) is 39.2. The van der Waals surface area contributed by atoms with Crippen LogP contribution in [0.5, 0.6) is 0 Å². The van der Waals surface area contributed by atoms with Crippen molar-refractivity contribution >= 4 is 5.91 Å². The number of unbranched alkanes of at least 4 members (excludes halogenated alkanes) is 21. The van der Waals surface area contributed by atoms with Gasteiger partial charge in [-0.15, -0.1) is 0 Å². The average molecular weight is 830 g/mol. The van der Waals surface area contributed by atoms with E-state index in [9.17, 15) is 15.0 Å². The summed E-state index contributed by atoms with van der Waals surface area (Å²) >= 11 is 0. The summed E-state index contributed by atoms with van der Waals surface area (Å²) in [5.74, 6) is -0.124. The van der Waals surface area contributed by atoms with Crippen molar-refractivity contribution in [2.45, 2.75) is 231 Å². The lowest BCUT2D eigenvalue weighted by Gasteiger charge is -2.19. The number of allylic oxidation sites excluding steroid dienone is 17. The lowest BCUT2D eigenvalue weighted by molar-refractivity contribution is -0.123. The summed E-state index contributed by atoms with van der Waals surface area (Å²) in [6.07, 6.45) is 76.5. The number of carbonyl (C=O) groups is 1. The van der Waals surface area contributed by atoms with Crippen LogP contribution in [-0.4, -0.2) is 34.9 Å². The minimum Gasteiger partial charge on any atom is -0.394 e. The molecule has 0 fully saturated rings. The Bertz CT molecular complexity index is 1170. The number of carbonyl (C=O) groups excluding carboxylic acids is 1. The fourth-order valence-electron chi connectivity index (χ4n) is 6.92. The summed E-state index contributed by atoms with van der Waals surface area (Å²) in [6, 6.07) is -0.677. The molecule has 0 aliphatic heterocycles. The number of aliphatic hydroxyl groups excluding tert-OH is 2. The van der Waals surface area contributed by atoms with Crippen molar-refractivity contribution in [2.75, 3.05) is 6.61 Å². The highest BCUT2D eigenvalue weighted by Gasteiger charge is 2.17. The highest BCUT2D eigenvalue weighted by Crippen LogP contribution is 2.15. The summed E-state index contributed by atoms with van der Waals surface area (Å²) in [5, 5.41) is 23.0. The molecule has 0 heterocycles. The normalized spacial score (nSPS) is 13.9. The molecule has 0 aromatic heterocycles. The first kappa shape index (κ1) is 57.1. The Kier molecular flexibility index (Phi) is 47.9. The van der Waals surface area contributed by atoms with E-state index < -0.39 is 12.1 Å². The van der Waals surface area contributed by atoms with E-state index in [1.807, 2.05) is 6.08 Å². The molecule has 0 rings (SSSR count). The van der Waals surface area contributed by atoms with Crippen LogP contribution in [0.15, 0.2) is 109 Å². The molecule has 342 valence electrons. The quantitative estimate of drug-likeness (QED) is 0.0423. The standard InChI is InChI=1S/C56H95NO3/c1-3-5-7-9-11-13-15-17-19-21-23-25-26-27-28-29-30-32-33-35-37-39-41-43-45-47-49-51-55(59)54(53-58)57-56(60)52-50-48-46-44-42-40-38-36-34-31-24-22-20-18-16-14-12-10-8-6-4-2/h6,8,12,14,18,20,24,31,33,35-36,38,41-44,49,51,54-55,58-59H,3-5,7,9-11,13,15-17,19,21-23,25-30,32,34,37,39-40,45-48,50,52-53H2,1-2H3,(H,57,60)/b8-6-,14-12-,20-18-,31-24-,35-33+,38-36-,43-41+,44-42-,51-49+. The lowest BCUT2D eigenvalue weighted by Crippen LogP contribution is -2.45. The number of nitrogens with one attached hydrogen (secondary N) is 1. The van der Waals surface area contributed by atoms with Crippen molar-refractivity contribution < 1.29 is 15.0 Å². The number of hydrogen-bond acceptors (Lipinski definition) is 3. The maximum atomic E-state index is 12.4. The minimum atomic E-state index is -0.897. The first-order valence-electron chi connectivity index (χ1n) is 25.1. The van der Waals surface area contributed by atoms with Crippen LogP contribution in [0.2, 0.25) is 0 Å². The van der Waals surface area contributed by atoms with Crippen LogP contribution in [-0.2, 0) is 4.79 Å². The summed E-state index contributed by atoms with van der Waals surface area (Å²) < 4.78 is 0. The Balaban J connectivity index is 3.71. The number of rotatable bonds is 44. The van der Waals surface area contributed by atoms with E-state index in [-0.39, 0.29) is 12.5 Å². The Labute approximate surface area is 372 Å². The molecular weight excluding hydrogens is 735 g/mol. The fourth-order valence-corrected chi connectivity index (χ4v) is 6.92. The van der Waals surface area contributed by atoms with Gasteiger partial charge in [-0.1, -0.05) is 226 Å². The monoisotopic (exact) mass is 830 g/mol. The third-order valence-electron chi connectivity index (χ3n) is 10.7. The van der Waals surface area contributed by atoms with Gasteiger partial charge < -0.3 is 15.5 Å². The maximum Gasteiger partial charge on any atom is 0.220 e. The summed E-state index contributed by atoms with van der Waals surface area (Å²) in [6.45, 7) is 4.16. The topological polar surface area (TPSA) is 69.6 Å². The zero-order valence-electron chi connectivity index (χ0n) is 39.2. The van der Waals surface area contributed by atoms with Gasteiger partial charge in [-0.2, -0.15) is 0 Å². The number of amides is 1. The molecule has 1 amide bonds. The second kappa shape index (κ2) is 50.4.